The molecule has 2 aliphatic heterocycles. The monoisotopic (exact) mass is 399 g/mol. The van der Waals surface area contributed by atoms with Gasteiger partial charge in [-0.2, -0.15) is 0 Å². The van der Waals surface area contributed by atoms with E-state index in [1.807, 2.05) is 0 Å². The van der Waals surface area contributed by atoms with Crippen LogP contribution in [0.15, 0.2) is 42.5 Å². The number of carbonyl (C=O) groups is 2. The second-order valence-electron chi connectivity index (χ2n) is 6.91. The summed E-state index contributed by atoms with van der Waals surface area (Å²) >= 11 is 0. The number of urea groups is 1. The number of non-ortho nitro benzene ring substituents is 1. The molecule has 0 radical (unpaired) electrons. The molecule has 2 aromatic carbocycles. The molecular weight excluding hydrogens is 382 g/mol. The van der Waals surface area contributed by atoms with Crippen molar-refractivity contribution in [3.63, 3.8) is 0 Å². The highest BCUT2D eigenvalue weighted by molar-refractivity contribution is 6.07. The number of hydrogen-bond donors (Lipinski definition) is 2. The predicted molar refractivity (Wildman–Crippen MR) is 98.2 cm³/mol. The summed E-state index contributed by atoms with van der Waals surface area (Å²) in [5.74, 6) is 0.414. The number of nitrogens with one attached hydrogen (secondary N) is 1. The van der Waals surface area contributed by atoms with Crippen molar-refractivity contribution in [2.75, 3.05) is 13.3 Å². The fraction of sp³-hybridized carbons (Fsp3) is 0.263. The Balaban J connectivity index is 1.56. The number of benzene rings is 2. The zero-order valence-electron chi connectivity index (χ0n) is 15.3. The average molecular weight is 399 g/mol. The summed E-state index contributed by atoms with van der Waals surface area (Å²) in [7, 11) is 0. The van der Waals surface area contributed by atoms with Gasteiger partial charge < -0.3 is 19.9 Å². The lowest BCUT2D eigenvalue weighted by atomic mass is 9.91. The zero-order valence-corrected chi connectivity index (χ0v) is 15.3. The third kappa shape index (κ3) is 3.13. The molecular formula is C19H17N3O7. The standard InChI is InChI=1S/C19H17N3O7/c1-19(12-3-2-4-13(8-12)22(26)27)17(24)21(18(25)20-19)9-14(23)11-5-6-15-16(7-11)29-10-28-15/h2-8,14,23H,9-10H2,1H3,(H,20,25)/t14-,19+/m0/s1. The first-order chi connectivity index (χ1) is 13.8. The van der Waals surface area contributed by atoms with Gasteiger partial charge in [0, 0.05) is 12.1 Å². The van der Waals surface area contributed by atoms with Crippen molar-refractivity contribution in [1.82, 2.24) is 10.2 Å². The number of nitro groups is 1. The largest absolute Gasteiger partial charge is 0.454 e. The van der Waals surface area contributed by atoms with E-state index in [1.165, 1.54) is 31.2 Å². The Bertz CT molecular complexity index is 1020. The van der Waals surface area contributed by atoms with Gasteiger partial charge in [-0.3, -0.25) is 19.8 Å². The lowest BCUT2D eigenvalue weighted by molar-refractivity contribution is -0.385. The van der Waals surface area contributed by atoms with Gasteiger partial charge in [0.2, 0.25) is 6.79 Å². The van der Waals surface area contributed by atoms with E-state index in [1.54, 1.807) is 18.2 Å². The van der Waals surface area contributed by atoms with E-state index < -0.39 is 28.5 Å². The molecule has 1 saturated heterocycles. The molecule has 10 heteroatoms. The quantitative estimate of drug-likeness (QED) is 0.445. The number of rotatable bonds is 5. The van der Waals surface area contributed by atoms with Crippen molar-refractivity contribution in [2.45, 2.75) is 18.6 Å². The van der Waals surface area contributed by atoms with E-state index >= 15 is 0 Å². The fourth-order valence-corrected chi connectivity index (χ4v) is 3.39. The highest BCUT2D eigenvalue weighted by Crippen LogP contribution is 2.35. The van der Waals surface area contributed by atoms with Crippen LogP contribution in [-0.2, 0) is 10.3 Å². The number of nitro benzene ring substituents is 1. The number of aliphatic hydroxyl groups is 1. The summed E-state index contributed by atoms with van der Waals surface area (Å²) in [6, 6.07) is 9.68. The van der Waals surface area contributed by atoms with Gasteiger partial charge in [0.25, 0.3) is 11.6 Å². The van der Waals surface area contributed by atoms with Gasteiger partial charge in [0.05, 0.1) is 17.6 Å². The molecule has 0 saturated carbocycles. The Hall–Kier alpha value is -3.66. The summed E-state index contributed by atoms with van der Waals surface area (Å²) < 4.78 is 10.5. The van der Waals surface area contributed by atoms with E-state index in [9.17, 15) is 24.8 Å². The minimum atomic E-state index is -1.47. The first kappa shape index (κ1) is 18.7. The summed E-state index contributed by atoms with van der Waals surface area (Å²) in [4.78, 5) is 36.8. The van der Waals surface area contributed by atoms with Crippen LogP contribution in [0.4, 0.5) is 10.5 Å². The molecule has 2 heterocycles. The van der Waals surface area contributed by atoms with Gasteiger partial charge >= 0.3 is 6.03 Å². The van der Waals surface area contributed by atoms with Crippen LogP contribution in [-0.4, -0.2) is 40.2 Å². The number of aliphatic hydroxyl groups excluding tert-OH is 1. The Morgan fingerprint density at radius 1 is 1.24 bits per heavy atom. The van der Waals surface area contributed by atoms with Crippen LogP contribution in [0.2, 0.25) is 0 Å². The van der Waals surface area contributed by atoms with Crippen molar-refractivity contribution in [1.29, 1.82) is 0 Å². The van der Waals surface area contributed by atoms with E-state index in [4.69, 9.17) is 9.47 Å². The minimum Gasteiger partial charge on any atom is -0.454 e. The van der Waals surface area contributed by atoms with Crippen molar-refractivity contribution in [3.8, 4) is 11.5 Å². The van der Waals surface area contributed by atoms with Crippen LogP contribution in [0.1, 0.15) is 24.2 Å². The Kier molecular flexibility index (Phi) is 4.35. The van der Waals surface area contributed by atoms with Crippen LogP contribution in [0.5, 0.6) is 11.5 Å². The number of β-amino-alcohol motifs (C(OH)–C–C–N with tert-alkyl or cyclic N) is 1. The molecule has 0 bridgehead atoms. The molecule has 3 amide bonds. The maximum atomic E-state index is 13.0. The molecule has 2 atom stereocenters. The lowest BCUT2D eigenvalue weighted by Crippen LogP contribution is -2.41. The Morgan fingerprint density at radius 2 is 2.00 bits per heavy atom. The first-order valence-electron chi connectivity index (χ1n) is 8.76. The third-order valence-corrected chi connectivity index (χ3v) is 5.05. The SMILES string of the molecule is C[C@]1(c2cccc([N+](=O)[O-])c2)NC(=O)N(C[C@H](O)c2ccc3c(c2)OCO3)C1=O. The van der Waals surface area contributed by atoms with Gasteiger partial charge in [-0.25, -0.2) is 4.79 Å². The van der Waals surface area contributed by atoms with Crippen LogP contribution >= 0.6 is 0 Å². The van der Waals surface area contributed by atoms with Crippen molar-refractivity contribution >= 4 is 17.6 Å². The van der Waals surface area contributed by atoms with E-state index in [2.05, 4.69) is 5.32 Å². The second-order valence-corrected chi connectivity index (χ2v) is 6.91. The average Bonchev–Trinajstić information content (AvgIpc) is 3.26. The van der Waals surface area contributed by atoms with E-state index in [-0.39, 0.29) is 24.6 Å². The van der Waals surface area contributed by atoms with Crippen molar-refractivity contribution in [2.24, 2.45) is 0 Å². The van der Waals surface area contributed by atoms with E-state index in [0.717, 1.165) is 4.90 Å². The molecule has 2 aromatic rings. The molecule has 0 unspecified atom stereocenters. The smallest absolute Gasteiger partial charge is 0.325 e. The first-order valence-corrected chi connectivity index (χ1v) is 8.76. The minimum absolute atomic E-state index is 0.0868. The lowest BCUT2D eigenvalue weighted by Gasteiger charge is -2.23. The summed E-state index contributed by atoms with van der Waals surface area (Å²) in [6.07, 6.45) is -1.15. The molecule has 10 nitrogen and oxygen atoms in total. The molecule has 1 fully saturated rings. The fourth-order valence-electron chi connectivity index (χ4n) is 3.39. The van der Waals surface area contributed by atoms with Crippen LogP contribution in [0.25, 0.3) is 0 Å². The van der Waals surface area contributed by atoms with Crippen molar-refractivity contribution < 1.29 is 29.1 Å². The third-order valence-electron chi connectivity index (χ3n) is 5.05. The zero-order chi connectivity index (χ0) is 20.8. The molecule has 0 spiro atoms. The summed E-state index contributed by atoms with van der Waals surface area (Å²) in [6.45, 7) is 1.28. The molecule has 150 valence electrons. The highest BCUT2D eigenvalue weighted by Gasteiger charge is 2.49. The molecule has 29 heavy (non-hydrogen) atoms. The van der Waals surface area contributed by atoms with Crippen LogP contribution < -0.4 is 14.8 Å². The van der Waals surface area contributed by atoms with Crippen LogP contribution in [0.3, 0.4) is 0 Å². The van der Waals surface area contributed by atoms with E-state index in [0.29, 0.717) is 17.1 Å². The maximum absolute atomic E-state index is 13.0. The summed E-state index contributed by atoms with van der Waals surface area (Å²) in [5, 5.41) is 24.2. The molecule has 0 aliphatic carbocycles. The van der Waals surface area contributed by atoms with Gasteiger partial charge in [0.15, 0.2) is 11.5 Å². The van der Waals surface area contributed by atoms with Gasteiger partial charge in [-0.1, -0.05) is 18.2 Å². The number of ether oxygens (including phenoxy) is 2. The number of fused-ring (bicyclic) bond motifs is 1. The number of nitrogens with zero attached hydrogens (tertiary/aromatic N) is 2. The predicted octanol–water partition coefficient (Wildman–Crippen LogP) is 1.82. The molecule has 0 aromatic heterocycles. The Labute approximate surface area is 164 Å². The summed E-state index contributed by atoms with van der Waals surface area (Å²) in [5.41, 5.74) is -0.925. The van der Waals surface area contributed by atoms with Gasteiger partial charge in [-0.05, 0) is 30.2 Å². The molecule has 2 N–H and O–H groups in total. The van der Waals surface area contributed by atoms with Crippen LogP contribution in [0, 0.1) is 10.1 Å². The maximum Gasteiger partial charge on any atom is 0.325 e. The normalized spacial score (nSPS) is 21.2. The van der Waals surface area contributed by atoms with Gasteiger partial charge in [0.1, 0.15) is 5.54 Å². The Morgan fingerprint density at radius 3 is 2.76 bits per heavy atom. The second kappa shape index (κ2) is 6.74. The molecule has 2 aliphatic rings. The molecule has 4 rings (SSSR count). The van der Waals surface area contributed by atoms with Crippen molar-refractivity contribution in [3.05, 3.63) is 63.7 Å². The number of carbonyl (C=O) groups excluding carboxylic acids is 2. The van der Waals surface area contributed by atoms with Gasteiger partial charge in [-0.15, -0.1) is 0 Å². The highest BCUT2D eigenvalue weighted by atomic mass is 16.7. The number of hydrogen-bond acceptors (Lipinski definition) is 7. The number of imide groups is 1. The number of amides is 3. The topological polar surface area (TPSA) is 131 Å².